The van der Waals surface area contributed by atoms with Crippen molar-refractivity contribution < 1.29 is 9.53 Å². The van der Waals surface area contributed by atoms with E-state index in [2.05, 4.69) is 38.1 Å². The molecule has 148 valence electrons. The third-order valence-corrected chi connectivity index (χ3v) is 6.86. The number of benzene rings is 1. The monoisotopic (exact) mass is 381 g/mol. The number of methoxy groups -OCH3 is 1. The van der Waals surface area contributed by atoms with Crippen LogP contribution in [0.3, 0.4) is 0 Å². The van der Waals surface area contributed by atoms with Gasteiger partial charge in [0.05, 0.1) is 19.7 Å². The molecule has 2 bridgehead atoms. The number of carbonyl (C=O) groups is 1. The standard InChI is InChI=1S/C21H27N5O2/c1-28-17-4-2-3-16(11-17)18-12-26(19(27)7-10-25-14-22-13-23-25)20-15-5-8-24(9-6-15)21(18)20/h2-4,11,13-15,18,20-21H,5-10,12H2,1H3/t18-,20-,21-/m0/s1. The van der Waals surface area contributed by atoms with Crippen molar-refractivity contribution in [1.29, 1.82) is 0 Å². The van der Waals surface area contributed by atoms with Crippen molar-refractivity contribution in [3.05, 3.63) is 42.5 Å². The lowest BCUT2D eigenvalue weighted by Crippen LogP contribution is -2.60. The first-order valence-corrected chi connectivity index (χ1v) is 10.2. The van der Waals surface area contributed by atoms with E-state index in [0.29, 0.717) is 36.9 Å². The van der Waals surface area contributed by atoms with E-state index >= 15 is 0 Å². The fraction of sp³-hybridized carbons (Fsp3) is 0.571. The molecule has 0 unspecified atom stereocenters. The summed E-state index contributed by atoms with van der Waals surface area (Å²) in [5.74, 6) is 2.10. The molecule has 0 N–H and O–H groups in total. The molecule has 28 heavy (non-hydrogen) atoms. The van der Waals surface area contributed by atoms with Gasteiger partial charge in [-0.1, -0.05) is 12.1 Å². The number of piperidine rings is 3. The van der Waals surface area contributed by atoms with E-state index in [9.17, 15) is 4.79 Å². The van der Waals surface area contributed by atoms with Gasteiger partial charge in [0.25, 0.3) is 0 Å². The zero-order chi connectivity index (χ0) is 19.1. The predicted octanol–water partition coefficient (Wildman–Crippen LogP) is 1.77. The van der Waals surface area contributed by atoms with Crippen LogP contribution in [0.2, 0.25) is 0 Å². The largest absolute Gasteiger partial charge is 0.497 e. The lowest BCUT2D eigenvalue weighted by molar-refractivity contribution is -0.136. The van der Waals surface area contributed by atoms with Crippen LogP contribution in [0.5, 0.6) is 5.75 Å². The minimum atomic E-state index is 0.240. The number of ether oxygens (including phenoxy) is 1. The lowest BCUT2D eigenvalue weighted by atomic mass is 9.75. The van der Waals surface area contributed by atoms with Gasteiger partial charge < -0.3 is 9.64 Å². The first kappa shape index (κ1) is 17.7. The number of carbonyl (C=O) groups excluding carboxylic acids is 1. The number of likely N-dealkylation sites (tertiary alicyclic amines) is 1. The summed E-state index contributed by atoms with van der Waals surface area (Å²) in [5.41, 5.74) is 1.29. The van der Waals surface area contributed by atoms with Crippen molar-refractivity contribution in [2.24, 2.45) is 5.92 Å². The summed E-state index contributed by atoms with van der Waals surface area (Å²) in [6.45, 7) is 3.71. The van der Waals surface area contributed by atoms with E-state index in [4.69, 9.17) is 4.74 Å². The Bertz CT molecular complexity index is 831. The van der Waals surface area contributed by atoms with Gasteiger partial charge in [0.15, 0.2) is 0 Å². The molecule has 0 radical (unpaired) electrons. The Morgan fingerprint density at radius 3 is 2.86 bits per heavy atom. The molecule has 4 saturated heterocycles. The number of rotatable bonds is 5. The van der Waals surface area contributed by atoms with E-state index in [1.165, 1.54) is 24.7 Å². The number of fused-ring (bicyclic) bond motifs is 2. The number of hydrogen-bond acceptors (Lipinski definition) is 5. The van der Waals surface area contributed by atoms with E-state index in [1.54, 1.807) is 18.1 Å². The number of amides is 1. The van der Waals surface area contributed by atoms with Gasteiger partial charge in [-0.2, -0.15) is 5.10 Å². The molecule has 7 heteroatoms. The molecule has 3 atom stereocenters. The number of aryl methyl sites for hydroxylation is 1. The van der Waals surface area contributed by atoms with Crippen LogP contribution in [0.25, 0.3) is 0 Å². The van der Waals surface area contributed by atoms with Crippen LogP contribution in [0, 0.1) is 5.92 Å². The normalized spacial score (nSPS) is 31.0. The van der Waals surface area contributed by atoms with Crippen molar-refractivity contribution in [3.8, 4) is 5.75 Å². The molecule has 1 aromatic carbocycles. The zero-order valence-corrected chi connectivity index (χ0v) is 16.3. The first-order chi connectivity index (χ1) is 13.7. The number of nitrogens with zero attached hydrogens (tertiary/aromatic N) is 5. The Morgan fingerprint density at radius 1 is 1.25 bits per heavy atom. The molecule has 4 aliphatic heterocycles. The molecule has 0 saturated carbocycles. The number of hydrogen-bond donors (Lipinski definition) is 0. The molecule has 1 aromatic heterocycles. The first-order valence-electron chi connectivity index (χ1n) is 10.2. The molecule has 4 fully saturated rings. The second kappa shape index (κ2) is 7.20. The predicted molar refractivity (Wildman–Crippen MR) is 104 cm³/mol. The Labute approximate surface area is 165 Å². The van der Waals surface area contributed by atoms with Crippen LogP contribution in [0.15, 0.2) is 36.9 Å². The summed E-state index contributed by atoms with van der Waals surface area (Å²) in [7, 11) is 1.71. The van der Waals surface area contributed by atoms with Crippen molar-refractivity contribution in [2.45, 2.75) is 43.8 Å². The van der Waals surface area contributed by atoms with Crippen molar-refractivity contribution in [3.63, 3.8) is 0 Å². The van der Waals surface area contributed by atoms with E-state index in [0.717, 1.165) is 25.4 Å². The maximum Gasteiger partial charge on any atom is 0.224 e. The Balaban J connectivity index is 1.41. The van der Waals surface area contributed by atoms with Crippen LogP contribution >= 0.6 is 0 Å². The van der Waals surface area contributed by atoms with Gasteiger partial charge in [-0.15, -0.1) is 0 Å². The molecule has 7 nitrogen and oxygen atoms in total. The molecule has 1 amide bonds. The van der Waals surface area contributed by atoms with Gasteiger partial charge in [0.1, 0.15) is 18.4 Å². The topological polar surface area (TPSA) is 63.5 Å². The summed E-state index contributed by atoms with van der Waals surface area (Å²) in [6.07, 6.45) is 6.08. The molecule has 0 aliphatic carbocycles. The van der Waals surface area contributed by atoms with Gasteiger partial charge in [-0.3, -0.25) is 14.4 Å². The highest BCUT2D eigenvalue weighted by atomic mass is 16.5. The van der Waals surface area contributed by atoms with Crippen LogP contribution in [0.4, 0.5) is 0 Å². The van der Waals surface area contributed by atoms with Gasteiger partial charge in [0, 0.05) is 24.9 Å². The van der Waals surface area contributed by atoms with Gasteiger partial charge in [-0.05, 0) is 49.5 Å². The van der Waals surface area contributed by atoms with Crippen molar-refractivity contribution >= 4 is 5.91 Å². The van der Waals surface area contributed by atoms with Crippen LogP contribution in [0.1, 0.15) is 30.7 Å². The summed E-state index contributed by atoms with van der Waals surface area (Å²) >= 11 is 0. The van der Waals surface area contributed by atoms with Gasteiger partial charge in [0.2, 0.25) is 5.91 Å². The smallest absolute Gasteiger partial charge is 0.224 e. The third-order valence-electron chi connectivity index (χ3n) is 6.86. The average Bonchev–Trinajstić information content (AvgIpc) is 3.42. The Hall–Kier alpha value is -2.41. The minimum Gasteiger partial charge on any atom is -0.497 e. The fourth-order valence-electron chi connectivity index (χ4n) is 5.57. The highest BCUT2D eigenvalue weighted by Gasteiger charge is 2.54. The zero-order valence-electron chi connectivity index (χ0n) is 16.3. The van der Waals surface area contributed by atoms with E-state index in [1.807, 2.05) is 6.07 Å². The second-order valence-electron chi connectivity index (χ2n) is 8.19. The molecular formula is C21H27N5O2. The van der Waals surface area contributed by atoms with Crippen LogP contribution < -0.4 is 4.74 Å². The molecular weight excluding hydrogens is 354 g/mol. The third kappa shape index (κ3) is 2.98. The molecule has 5 heterocycles. The fourth-order valence-corrected chi connectivity index (χ4v) is 5.57. The van der Waals surface area contributed by atoms with Gasteiger partial charge in [-0.25, -0.2) is 4.98 Å². The molecule has 4 aliphatic rings. The molecule has 0 spiro atoms. The Kier molecular flexibility index (Phi) is 4.55. The molecule has 6 rings (SSSR count). The number of aromatic nitrogens is 3. The highest BCUT2D eigenvalue weighted by molar-refractivity contribution is 5.77. The van der Waals surface area contributed by atoms with Crippen LogP contribution in [-0.2, 0) is 11.3 Å². The highest BCUT2D eigenvalue weighted by Crippen LogP contribution is 2.47. The SMILES string of the molecule is COc1cccc([C@@H]2CN(C(=O)CCn3cncn3)[C@H]3C4CCN(CC4)[C@@H]23)c1. The van der Waals surface area contributed by atoms with Crippen molar-refractivity contribution in [1.82, 2.24) is 24.6 Å². The van der Waals surface area contributed by atoms with Crippen molar-refractivity contribution in [2.75, 3.05) is 26.7 Å². The summed E-state index contributed by atoms with van der Waals surface area (Å²) in [4.78, 5) is 22.0. The maximum atomic E-state index is 13.2. The average molecular weight is 381 g/mol. The maximum absolute atomic E-state index is 13.2. The summed E-state index contributed by atoms with van der Waals surface area (Å²) < 4.78 is 7.19. The van der Waals surface area contributed by atoms with E-state index in [-0.39, 0.29) is 5.91 Å². The summed E-state index contributed by atoms with van der Waals surface area (Å²) in [5, 5.41) is 4.13. The Morgan fingerprint density at radius 2 is 2.11 bits per heavy atom. The lowest BCUT2D eigenvalue weighted by Gasteiger charge is -2.51. The van der Waals surface area contributed by atoms with Gasteiger partial charge >= 0.3 is 0 Å². The van der Waals surface area contributed by atoms with Crippen LogP contribution in [-0.4, -0.2) is 69.3 Å². The quantitative estimate of drug-likeness (QED) is 0.790. The van der Waals surface area contributed by atoms with E-state index < -0.39 is 0 Å². The molecule has 2 aromatic rings. The minimum absolute atomic E-state index is 0.240. The summed E-state index contributed by atoms with van der Waals surface area (Å²) in [6, 6.07) is 9.15. The second-order valence-corrected chi connectivity index (χ2v) is 8.19.